The van der Waals surface area contributed by atoms with Gasteiger partial charge in [-0.05, 0) is 25.0 Å². The lowest BCUT2D eigenvalue weighted by Gasteiger charge is -2.10. The first-order valence-electron chi connectivity index (χ1n) is 6.68. The van der Waals surface area contributed by atoms with Crippen LogP contribution in [0.15, 0.2) is 36.6 Å². The maximum Gasteiger partial charge on any atom is 0.102 e. The number of rotatable bonds is 3. The van der Waals surface area contributed by atoms with Crippen LogP contribution in [-0.2, 0) is 13.5 Å². The Hall–Kier alpha value is -1.74. The molecule has 19 heavy (non-hydrogen) atoms. The number of nitrogens with zero attached hydrogens (tertiary/aromatic N) is 1. The molecular formula is C16H24N2O. The zero-order valence-corrected chi connectivity index (χ0v) is 12.3. The van der Waals surface area contributed by atoms with E-state index in [2.05, 4.69) is 30.2 Å². The van der Waals surface area contributed by atoms with Crippen molar-refractivity contribution in [1.29, 1.82) is 0 Å². The number of hydrogen-bond donors (Lipinski definition) is 2. The third-order valence-corrected chi connectivity index (χ3v) is 3.38. The lowest BCUT2D eigenvalue weighted by molar-refractivity contribution is 0.368. The van der Waals surface area contributed by atoms with Gasteiger partial charge in [-0.2, -0.15) is 0 Å². The molecule has 3 heteroatoms. The third kappa shape index (κ3) is 2.99. The molecule has 0 fully saturated rings. The molecule has 0 radical (unpaired) electrons. The van der Waals surface area contributed by atoms with Gasteiger partial charge in [0.1, 0.15) is 5.76 Å². The van der Waals surface area contributed by atoms with Crippen LogP contribution in [0.3, 0.4) is 0 Å². The number of aryl methyl sites for hydroxylation is 1. The van der Waals surface area contributed by atoms with Crippen LogP contribution in [0.25, 0.3) is 10.9 Å². The van der Waals surface area contributed by atoms with Gasteiger partial charge in [-0.25, -0.2) is 0 Å². The van der Waals surface area contributed by atoms with Crippen molar-refractivity contribution in [2.45, 2.75) is 33.2 Å². The van der Waals surface area contributed by atoms with E-state index in [0.717, 1.165) is 0 Å². The molecule has 1 aromatic carbocycles. The molecule has 2 rings (SSSR count). The standard InChI is InChI=1S/C14H18N2O.C2H6/c1-9-12(8-13(15)10(2)17)11-6-4-5-7-14(11)16(9)3;1-2/h4-7,13,17H,2,8,15H2,1,3H3;1-2H3. The number of nitrogens with two attached hydrogens (primary N) is 1. The largest absolute Gasteiger partial charge is 0.511 e. The number of hydrogen-bond acceptors (Lipinski definition) is 2. The Morgan fingerprint density at radius 2 is 1.95 bits per heavy atom. The van der Waals surface area contributed by atoms with Gasteiger partial charge >= 0.3 is 0 Å². The number of fused-ring (bicyclic) bond motifs is 1. The maximum atomic E-state index is 9.33. The Balaban J connectivity index is 0.000000861. The van der Waals surface area contributed by atoms with E-state index in [0.29, 0.717) is 6.42 Å². The summed E-state index contributed by atoms with van der Waals surface area (Å²) in [6.45, 7) is 9.56. The fraction of sp³-hybridized carbons (Fsp3) is 0.375. The molecule has 2 aromatic rings. The van der Waals surface area contributed by atoms with Gasteiger partial charge in [0.25, 0.3) is 0 Å². The monoisotopic (exact) mass is 260 g/mol. The van der Waals surface area contributed by atoms with Gasteiger partial charge < -0.3 is 15.4 Å². The number of aliphatic hydroxyl groups excluding tert-OH is 1. The average molecular weight is 260 g/mol. The summed E-state index contributed by atoms with van der Waals surface area (Å²) < 4.78 is 2.15. The van der Waals surface area contributed by atoms with Gasteiger partial charge in [-0.3, -0.25) is 0 Å². The number of benzene rings is 1. The van der Waals surface area contributed by atoms with Gasteiger partial charge in [0.2, 0.25) is 0 Å². The van der Waals surface area contributed by atoms with Gasteiger partial charge in [0.15, 0.2) is 0 Å². The van der Waals surface area contributed by atoms with Crippen molar-refractivity contribution >= 4 is 10.9 Å². The number of para-hydroxylation sites is 1. The summed E-state index contributed by atoms with van der Waals surface area (Å²) in [5.74, 6) is 0.0392. The smallest absolute Gasteiger partial charge is 0.102 e. The molecule has 1 atom stereocenters. The van der Waals surface area contributed by atoms with Gasteiger partial charge in [-0.15, -0.1) is 0 Å². The molecule has 0 saturated heterocycles. The molecule has 104 valence electrons. The van der Waals surface area contributed by atoms with E-state index in [4.69, 9.17) is 5.73 Å². The molecule has 0 aliphatic carbocycles. The van der Waals surface area contributed by atoms with Crippen LogP contribution in [0.4, 0.5) is 0 Å². The molecule has 3 N–H and O–H groups in total. The van der Waals surface area contributed by atoms with E-state index in [1.165, 1.54) is 22.2 Å². The highest BCUT2D eigenvalue weighted by atomic mass is 16.3. The zero-order valence-electron chi connectivity index (χ0n) is 12.3. The first-order chi connectivity index (χ1) is 9.02. The predicted octanol–water partition coefficient (Wildman–Crippen LogP) is 3.45. The summed E-state index contributed by atoms with van der Waals surface area (Å²) in [4.78, 5) is 0. The maximum absolute atomic E-state index is 9.33. The molecule has 0 aliphatic heterocycles. The van der Waals surface area contributed by atoms with E-state index in [9.17, 15) is 5.11 Å². The van der Waals surface area contributed by atoms with Crippen molar-refractivity contribution < 1.29 is 5.11 Å². The first-order valence-corrected chi connectivity index (χ1v) is 6.68. The molecule has 0 aliphatic rings. The van der Waals surface area contributed by atoms with Gasteiger partial charge in [0, 0.05) is 23.6 Å². The summed E-state index contributed by atoms with van der Waals surface area (Å²) in [7, 11) is 2.04. The van der Waals surface area contributed by atoms with Crippen LogP contribution < -0.4 is 5.73 Å². The molecule has 1 heterocycles. The van der Waals surface area contributed by atoms with E-state index >= 15 is 0 Å². The van der Waals surface area contributed by atoms with Crippen molar-refractivity contribution in [2.75, 3.05) is 0 Å². The highest BCUT2D eigenvalue weighted by Gasteiger charge is 2.15. The van der Waals surface area contributed by atoms with Crippen molar-refractivity contribution in [3.8, 4) is 0 Å². The minimum absolute atomic E-state index is 0.0392. The highest BCUT2D eigenvalue weighted by Crippen LogP contribution is 2.26. The SMILES string of the molecule is C=C(O)C(N)Cc1c(C)n(C)c2ccccc12.CC. The first kappa shape index (κ1) is 15.3. The average Bonchev–Trinajstić information content (AvgIpc) is 2.66. The van der Waals surface area contributed by atoms with Crippen molar-refractivity contribution in [2.24, 2.45) is 12.8 Å². The van der Waals surface area contributed by atoms with Crippen LogP contribution in [0.1, 0.15) is 25.1 Å². The molecule has 0 amide bonds. The summed E-state index contributed by atoms with van der Waals surface area (Å²) in [6, 6.07) is 7.82. The van der Waals surface area contributed by atoms with Gasteiger partial charge in [0.05, 0.1) is 6.04 Å². The fourth-order valence-electron chi connectivity index (χ4n) is 2.19. The summed E-state index contributed by atoms with van der Waals surface area (Å²) >= 11 is 0. The summed E-state index contributed by atoms with van der Waals surface area (Å²) in [5.41, 5.74) is 9.42. The molecule has 0 saturated carbocycles. The second-order valence-corrected chi connectivity index (χ2v) is 4.44. The van der Waals surface area contributed by atoms with Crippen molar-refractivity contribution in [1.82, 2.24) is 4.57 Å². The quantitative estimate of drug-likeness (QED) is 0.830. The summed E-state index contributed by atoms with van der Waals surface area (Å²) in [5, 5.41) is 10.5. The van der Waals surface area contributed by atoms with E-state index in [-0.39, 0.29) is 5.76 Å². The molecular weight excluding hydrogens is 236 g/mol. The minimum atomic E-state index is -0.403. The van der Waals surface area contributed by atoms with Crippen LogP contribution >= 0.6 is 0 Å². The second kappa shape index (κ2) is 6.43. The van der Waals surface area contributed by atoms with E-state index < -0.39 is 6.04 Å². The lowest BCUT2D eigenvalue weighted by Crippen LogP contribution is -2.25. The molecule has 0 bridgehead atoms. The Bertz CT molecular complexity index is 569. The van der Waals surface area contributed by atoms with Crippen LogP contribution in [0.5, 0.6) is 0 Å². The fourth-order valence-corrected chi connectivity index (χ4v) is 2.19. The predicted molar refractivity (Wildman–Crippen MR) is 82.5 cm³/mol. The summed E-state index contributed by atoms with van der Waals surface area (Å²) in [6.07, 6.45) is 0.614. The minimum Gasteiger partial charge on any atom is -0.511 e. The highest BCUT2D eigenvalue weighted by molar-refractivity contribution is 5.85. The Morgan fingerprint density at radius 3 is 2.53 bits per heavy atom. The molecule has 1 aromatic heterocycles. The number of aromatic nitrogens is 1. The van der Waals surface area contributed by atoms with E-state index in [1.807, 2.05) is 33.0 Å². The van der Waals surface area contributed by atoms with Crippen molar-refractivity contribution in [3.05, 3.63) is 47.9 Å². The second-order valence-electron chi connectivity index (χ2n) is 4.44. The normalized spacial score (nSPS) is 11.8. The number of aliphatic hydroxyl groups is 1. The molecule has 1 unspecified atom stereocenters. The van der Waals surface area contributed by atoms with Crippen LogP contribution in [-0.4, -0.2) is 15.7 Å². The lowest BCUT2D eigenvalue weighted by atomic mass is 10.0. The van der Waals surface area contributed by atoms with E-state index in [1.54, 1.807) is 0 Å². The van der Waals surface area contributed by atoms with Crippen LogP contribution in [0, 0.1) is 6.92 Å². The van der Waals surface area contributed by atoms with Crippen LogP contribution in [0.2, 0.25) is 0 Å². The molecule has 3 nitrogen and oxygen atoms in total. The van der Waals surface area contributed by atoms with Crippen molar-refractivity contribution in [3.63, 3.8) is 0 Å². The van der Waals surface area contributed by atoms with Gasteiger partial charge in [-0.1, -0.05) is 38.6 Å². The molecule has 0 spiro atoms. The Labute approximate surface area is 115 Å². The third-order valence-electron chi connectivity index (χ3n) is 3.38. The Morgan fingerprint density at radius 1 is 1.37 bits per heavy atom. The zero-order chi connectivity index (χ0) is 14.6. The Kier molecular flexibility index (Phi) is 5.19. The topological polar surface area (TPSA) is 51.2 Å².